The zero-order valence-corrected chi connectivity index (χ0v) is 16.8. The Bertz CT molecular complexity index is 914. The number of amides is 1. The average Bonchev–Trinajstić information content (AvgIpc) is 2.69. The third-order valence-corrected chi connectivity index (χ3v) is 6.39. The third-order valence-electron chi connectivity index (χ3n) is 4.52. The Balaban J connectivity index is 1.68. The van der Waals surface area contributed by atoms with E-state index in [1.54, 1.807) is 24.5 Å². The molecule has 1 N–H and O–H groups in total. The van der Waals surface area contributed by atoms with Crippen molar-refractivity contribution < 1.29 is 17.9 Å². The van der Waals surface area contributed by atoms with Crippen LogP contribution in [0.3, 0.4) is 0 Å². The largest absolute Gasteiger partial charge is 0.459 e. The molecule has 2 aromatic rings. The molecule has 0 saturated carbocycles. The number of aromatic nitrogens is 2. The van der Waals surface area contributed by atoms with E-state index in [1.165, 1.54) is 23.4 Å². The lowest BCUT2D eigenvalue weighted by atomic mass is 10.1. The molecule has 3 rings (SSSR count). The van der Waals surface area contributed by atoms with Crippen molar-refractivity contribution in [2.45, 2.75) is 44.1 Å². The van der Waals surface area contributed by atoms with Crippen molar-refractivity contribution in [1.82, 2.24) is 14.3 Å². The molecule has 1 amide bonds. The summed E-state index contributed by atoms with van der Waals surface area (Å²) in [5.74, 6) is -0.208. The fraction of sp³-hybridized carbons (Fsp3) is 0.421. The van der Waals surface area contributed by atoms with Crippen LogP contribution >= 0.6 is 0 Å². The molecule has 150 valence electrons. The number of anilines is 1. The number of ether oxygens (including phenoxy) is 1. The summed E-state index contributed by atoms with van der Waals surface area (Å²) in [6, 6.07) is 6.42. The number of carbonyl (C=O) groups excluding carboxylic acids is 1. The number of piperidine rings is 1. The lowest BCUT2D eigenvalue weighted by Crippen LogP contribution is -2.44. The molecule has 8 nitrogen and oxygen atoms in total. The molecule has 1 aliphatic heterocycles. The number of nitrogens with one attached hydrogen (secondary N) is 1. The van der Waals surface area contributed by atoms with Gasteiger partial charge in [0.05, 0.1) is 11.4 Å². The van der Waals surface area contributed by atoms with E-state index in [2.05, 4.69) is 15.3 Å². The molecule has 9 heteroatoms. The summed E-state index contributed by atoms with van der Waals surface area (Å²) in [7, 11) is -3.64. The van der Waals surface area contributed by atoms with Gasteiger partial charge in [0.25, 0.3) is 0 Å². The van der Waals surface area contributed by atoms with Gasteiger partial charge in [0, 0.05) is 31.5 Å². The maximum absolute atomic E-state index is 13.0. The number of aryl methyl sites for hydroxylation is 1. The van der Waals surface area contributed by atoms with Gasteiger partial charge in [-0.2, -0.15) is 4.31 Å². The second-order valence-corrected chi connectivity index (χ2v) is 8.62. The van der Waals surface area contributed by atoms with E-state index >= 15 is 0 Å². The second kappa shape index (κ2) is 8.66. The standard InChI is InChI=1S/C19H24N4O4S/c1-3-15-11-20-19(21-12-15)27-17-5-4-10-23(13-17)28(25,26)18-8-6-16(7-9-18)22-14(2)24/h6-9,11-12,17H,3-5,10,13H2,1-2H3,(H,22,24). The van der Waals surface area contributed by atoms with Crippen LogP contribution in [0.5, 0.6) is 6.01 Å². The first-order chi connectivity index (χ1) is 13.4. The number of benzene rings is 1. The molecule has 2 heterocycles. The van der Waals surface area contributed by atoms with Gasteiger partial charge >= 0.3 is 6.01 Å². The summed E-state index contributed by atoms with van der Waals surface area (Å²) in [5.41, 5.74) is 1.57. The van der Waals surface area contributed by atoms with E-state index in [-0.39, 0.29) is 29.5 Å². The third kappa shape index (κ3) is 4.85. The molecule has 1 aromatic heterocycles. The fourth-order valence-electron chi connectivity index (χ4n) is 3.02. The van der Waals surface area contributed by atoms with Crippen molar-refractivity contribution >= 4 is 21.6 Å². The molecule has 0 aliphatic carbocycles. The van der Waals surface area contributed by atoms with E-state index in [4.69, 9.17) is 4.74 Å². The first kappa shape index (κ1) is 20.2. The maximum atomic E-state index is 13.0. The number of rotatable bonds is 6. The van der Waals surface area contributed by atoms with E-state index in [0.717, 1.165) is 18.4 Å². The predicted octanol–water partition coefficient (Wildman–Crippen LogP) is 2.23. The smallest absolute Gasteiger partial charge is 0.316 e. The number of carbonyl (C=O) groups is 1. The van der Waals surface area contributed by atoms with Gasteiger partial charge in [-0.3, -0.25) is 4.79 Å². The van der Waals surface area contributed by atoms with Crippen molar-refractivity contribution in [3.63, 3.8) is 0 Å². The minimum Gasteiger partial charge on any atom is -0.459 e. The summed E-state index contributed by atoms with van der Waals surface area (Å²) in [4.78, 5) is 19.7. The van der Waals surface area contributed by atoms with Crippen LogP contribution in [0.25, 0.3) is 0 Å². The summed E-state index contributed by atoms with van der Waals surface area (Å²) >= 11 is 0. The van der Waals surface area contributed by atoms with Gasteiger partial charge < -0.3 is 10.1 Å². The number of sulfonamides is 1. The lowest BCUT2D eigenvalue weighted by Gasteiger charge is -2.31. The molecule has 1 saturated heterocycles. The Hall–Kier alpha value is -2.52. The van der Waals surface area contributed by atoms with Gasteiger partial charge in [-0.15, -0.1) is 0 Å². The lowest BCUT2D eigenvalue weighted by molar-refractivity contribution is -0.114. The van der Waals surface area contributed by atoms with E-state index in [0.29, 0.717) is 18.7 Å². The van der Waals surface area contributed by atoms with Crippen molar-refractivity contribution in [2.75, 3.05) is 18.4 Å². The number of hydrogen-bond acceptors (Lipinski definition) is 6. The van der Waals surface area contributed by atoms with Crippen LogP contribution in [-0.2, 0) is 21.2 Å². The Labute approximate surface area is 165 Å². The monoisotopic (exact) mass is 404 g/mol. The minimum absolute atomic E-state index is 0.186. The van der Waals surface area contributed by atoms with Crippen molar-refractivity contribution in [3.8, 4) is 6.01 Å². The van der Waals surface area contributed by atoms with Gasteiger partial charge in [0.15, 0.2) is 0 Å². The van der Waals surface area contributed by atoms with Gasteiger partial charge in [-0.25, -0.2) is 18.4 Å². The average molecular weight is 404 g/mol. The Morgan fingerprint density at radius 1 is 1.25 bits per heavy atom. The molecular weight excluding hydrogens is 380 g/mol. The van der Waals surface area contributed by atoms with Crippen LogP contribution < -0.4 is 10.1 Å². The SMILES string of the molecule is CCc1cnc(OC2CCCN(S(=O)(=O)c3ccc(NC(C)=O)cc3)C2)nc1. The first-order valence-electron chi connectivity index (χ1n) is 9.24. The van der Waals surface area contributed by atoms with Crippen LogP contribution in [0, 0.1) is 0 Å². The Morgan fingerprint density at radius 3 is 2.54 bits per heavy atom. The zero-order valence-electron chi connectivity index (χ0n) is 16.0. The molecule has 1 atom stereocenters. The number of nitrogens with zero attached hydrogens (tertiary/aromatic N) is 3. The van der Waals surface area contributed by atoms with E-state index in [1.807, 2.05) is 6.92 Å². The molecule has 1 aliphatic rings. The molecule has 0 radical (unpaired) electrons. The highest BCUT2D eigenvalue weighted by Gasteiger charge is 2.31. The predicted molar refractivity (Wildman–Crippen MR) is 105 cm³/mol. The first-order valence-corrected chi connectivity index (χ1v) is 10.7. The van der Waals surface area contributed by atoms with Crippen LogP contribution in [0.15, 0.2) is 41.6 Å². The minimum atomic E-state index is -3.64. The van der Waals surface area contributed by atoms with Crippen LogP contribution in [-0.4, -0.2) is 47.8 Å². The van der Waals surface area contributed by atoms with Gasteiger partial charge in [-0.1, -0.05) is 6.92 Å². The molecule has 0 bridgehead atoms. The van der Waals surface area contributed by atoms with Crippen molar-refractivity contribution in [3.05, 3.63) is 42.2 Å². The molecule has 1 fully saturated rings. The molecule has 28 heavy (non-hydrogen) atoms. The topological polar surface area (TPSA) is 101 Å². The maximum Gasteiger partial charge on any atom is 0.316 e. The molecule has 0 spiro atoms. The van der Waals surface area contributed by atoms with E-state index < -0.39 is 10.0 Å². The van der Waals surface area contributed by atoms with Crippen LogP contribution in [0.1, 0.15) is 32.3 Å². The zero-order chi connectivity index (χ0) is 20.1. The summed E-state index contributed by atoms with van der Waals surface area (Å²) in [6.45, 7) is 4.10. The second-order valence-electron chi connectivity index (χ2n) is 6.68. The number of hydrogen-bond donors (Lipinski definition) is 1. The summed E-state index contributed by atoms with van der Waals surface area (Å²) in [5, 5.41) is 2.62. The molecule has 1 unspecified atom stereocenters. The Morgan fingerprint density at radius 2 is 1.93 bits per heavy atom. The Kier molecular flexibility index (Phi) is 6.25. The summed E-state index contributed by atoms with van der Waals surface area (Å²) in [6.07, 6.45) is 5.42. The molecule has 1 aromatic carbocycles. The quantitative estimate of drug-likeness (QED) is 0.792. The summed E-state index contributed by atoms with van der Waals surface area (Å²) < 4.78 is 33.1. The van der Waals surface area contributed by atoms with Gasteiger partial charge in [0.2, 0.25) is 15.9 Å². The van der Waals surface area contributed by atoms with Gasteiger partial charge in [-0.05, 0) is 49.1 Å². The normalized spacial score (nSPS) is 17.9. The van der Waals surface area contributed by atoms with Crippen LogP contribution in [0.2, 0.25) is 0 Å². The van der Waals surface area contributed by atoms with Crippen molar-refractivity contribution in [1.29, 1.82) is 0 Å². The highest BCUT2D eigenvalue weighted by Crippen LogP contribution is 2.23. The highest BCUT2D eigenvalue weighted by molar-refractivity contribution is 7.89. The van der Waals surface area contributed by atoms with Crippen LogP contribution in [0.4, 0.5) is 5.69 Å². The highest BCUT2D eigenvalue weighted by atomic mass is 32.2. The van der Waals surface area contributed by atoms with E-state index in [9.17, 15) is 13.2 Å². The molecular formula is C19H24N4O4S. The van der Waals surface area contributed by atoms with Gasteiger partial charge in [0.1, 0.15) is 6.10 Å². The van der Waals surface area contributed by atoms with Crippen molar-refractivity contribution in [2.24, 2.45) is 0 Å². The fourth-order valence-corrected chi connectivity index (χ4v) is 4.53.